The first-order valence-corrected chi connectivity index (χ1v) is 6.26. The second-order valence-corrected chi connectivity index (χ2v) is 5.22. The maximum atomic E-state index is 11.2. The molecule has 0 amide bonds. The van der Waals surface area contributed by atoms with Gasteiger partial charge >= 0.3 is 0 Å². The Kier molecular flexibility index (Phi) is 3.50. The standard InChI is InChI=1S/C11H14O4S/c1-7-6-10(8(2)9(3)12)4-5-11(7)16(13,14)15/h4-6,8H,1-3H3,(H,13,14,15). The number of hydrogen-bond donors (Lipinski definition) is 1. The van der Waals surface area contributed by atoms with Crippen molar-refractivity contribution in [1.29, 1.82) is 0 Å². The van der Waals surface area contributed by atoms with Gasteiger partial charge in [-0.15, -0.1) is 0 Å². The number of hydrogen-bond acceptors (Lipinski definition) is 3. The lowest BCUT2D eigenvalue weighted by molar-refractivity contribution is -0.118. The van der Waals surface area contributed by atoms with E-state index in [0.29, 0.717) is 5.56 Å². The van der Waals surface area contributed by atoms with Crippen LogP contribution in [0.15, 0.2) is 23.1 Å². The average molecular weight is 242 g/mol. The van der Waals surface area contributed by atoms with Crippen molar-refractivity contribution < 1.29 is 17.8 Å². The quantitative estimate of drug-likeness (QED) is 0.822. The second-order valence-electron chi connectivity index (χ2n) is 3.83. The minimum atomic E-state index is -4.18. The number of benzene rings is 1. The maximum absolute atomic E-state index is 11.2. The molecular formula is C11H14O4S. The maximum Gasteiger partial charge on any atom is 0.294 e. The summed E-state index contributed by atoms with van der Waals surface area (Å²) in [5.41, 5.74) is 1.19. The van der Waals surface area contributed by atoms with Gasteiger partial charge in [0.1, 0.15) is 5.78 Å². The molecule has 16 heavy (non-hydrogen) atoms. The zero-order valence-electron chi connectivity index (χ0n) is 9.39. The summed E-state index contributed by atoms with van der Waals surface area (Å²) in [7, 11) is -4.18. The van der Waals surface area contributed by atoms with Crippen LogP contribution in [0, 0.1) is 6.92 Å². The highest BCUT2D eigenvalue weighted by Crippen LogP contribution is 2.22. The Hall–Kier alpha value is -1.20. The van der Waals surface area contributed by atoms with Crippen molar-refractivity contribution in [3.63, 3.8) is 0 Å². The molecule has 1 aromatic carbocycles. The van der Waals surface area contributed by atoms with Gasteiger partial charge in [0.25, 0.3) is 10.1 Å². The van der Waals surface area contributed by atoms with Crippen molar-refractivity contribution in [3.05, 3.63) is 29.3 Å². The van der Waals surface area contributed by atoms with Gasteiger partial charge in [0.05, 0.1) is 4.90 Å². The number of aryl methyl sites for hydroxylation is 1. The van der Waals surface area contributed by atoms with Crippen molar-refractivity contribution in [3.8, 4) is 0 Å². The molecule has 0 aliphatic carbocycles. The highest BCUT2D eigenvalue weighted by molar-refractivity contribution is 7.85. The molecule has 0 aliphatic heterocycles. The molecule has 0 spiro atoms. The first-order chi connectivity index (χ1) is 7.23. The van der Waals surface area contributed by atoms with Crippen LogP contribution < -0.4 is 0 Å². The summed E-state index contributed by atoms with van der Waals surface area (Å²) in [5.74, 6) is -0.256. The molecule has 0 aromatic heterocycles. The Balaban J connectivity index is 3.25. The van der Waals surface area contributed by atoms with E-state index >= 15 is 0 Å². The van der Waals surface area contributed by atoms with E-state index in [1.54, 1.807) is 26.0 Å². The number of rotatable bonds is 3. The van der Waals surface area contributed by atoms with Gasteiger partial charge in [0.15, 0.2) is 0 Å². The second kappa shape index (κ2) is 4.35. The number of carbonyl (C=O) groups is 1. The van der Waals surface area contributed by atoms with Crippen LogP contribution in [0.25, 0.3) is 0 Å². The summed E-state index contributed by atoms with van der Waals surface area (Å²) < 4.78 is 30.8. The first-order valence-electron chi connectivity index (χ1n) is 4.82. The average Bonchev–Trinajstić information content (AvgIpc) is 2.14. The molecular weight excluding hydrogens is 228 g/mol. The molecule has 0 bridgehead atoms. The van der Waals surface area contributed by atoms with Gasteiger partial charge in [-0.05, 0) is 31.0 Å². The van der Waals surface area contributed by atoms with Crippen LogP contribution in [0.4, 0.5) is 0 Å². The summed E-state index contributed by atoms with van der Waals surface area (Å²) in [6, 6.07) is 4.47. The van der Waals surface area contributed by atoms with Gasteiger partial charge in [-0.2, -0.15) is 8.42 Å². The normalized spacial score (nSPS) is 13.5. The Morgan fingerprint density at radius 3 is 2.31 bits per heavy atom. The third-order valence-electron chi connectivity index (χ3n) is 2.59. The lowest BCUT2D eigenvalue weighted by Crippen LogP contribution is -2.06. The molecule has 1 atom stereocenters. The van der Waals surface area contributed by atoms with E-state index in [2.05, 4.69) is 0 Å². The van der Waals surface area contributed by atoms with Gasteiger partial charge in [0, 0.05) is 5.92 Å². The van der Waals surface area contributed by atoms with Crippen molar-refractivity contribution in [2.75, 3.05) is 0 Å². The van der Waals surface area contributed by atoms with Crippen LogP contribution in [0.5, 0.6) is 0 Å². The highest BCUT2D eigenvalue weighted by atomic mass is 32.2. The minimum Gasteiger partial charge on any atom is -0.299 e. The van der Waals surface area contributed by atoms with Crippen molar-refractivity contribution in [2.24, 2.45) is 0 Å². The number of ketones is 1. The molecule has 0 saturated heterocycles. The van der Waals surface area contributed by atoms with Crippen LogP contribution in [0.3, 0.4) is 0 Å². The molecule has 1 unspecified atom stereocenters. The predicted molar refractivity (Wildman–Crippen MR) is 60.1 cm³/mol. The lowest BCUT2D eigenvalue weighted by Gasteiger charge is -2.10. The van der Waals surface area contributed by atoms with Gasteiger partial charge in [-0.3, -0.25) is 9.35 Å². The predicted octanol–water partition coefficient (Wildman–Crippen LogP) is 1.93. The Bertz CT molecular complexity index is 517. The smallest absolute Gasteiger partial charge is 0.294 e. The van der Waals surface area contributed by atoms with E-state index in [1.165, 1.54) is 13.0 Å². The molecule has 5 heteroatoms. The fraction of sp³-hybridized carbons (Fsp3) is 0.364. The Morgan fingerprint density at radius 2 is 1.94 bits per heavy atom. The Labute approximate surface area is 95.0 Å². The molecule has 88 valence electrons. The van der Waals surface area contributed by atoms with Gasteiger partial charge < -0.3 is 0 Å². The third kappa shape index (κ3) is 2.68. The highest BCUT2D eigenvalue weighted by Gasteiger charge is 2.16. The van der Waals surface area contributed by atoms with Crippen LogP contribution in [-0.2, 0) is 14.9 Å². The summed E-state index contributed by atoms with van der Waals surface area (Å²) >= 11 is 0. The van der Waals surface area contributed by atoms with Crippen LogP contribution in [-0.4, -0.2) is 18.8 Å². The molecule has 1 rings (SSSR count). The molecule has 4 nitrogen and oxygen atoms in total. The molecule has 0 heterocycles. The fourth-order valence-electron chi connectivity index (χ4n) is 1.47. The molecule has 0 fully saturated rings. The largest absolute Gasteiger partial charge is 0.299 e. The van der Waals surface area contributed by atoms with Gasteiger partial charge in [-0.25, -0.2) is 0 Å². The molecule has 1 aromatic rings. The van der Waals surface area contributed by atoms with Crippen molar-refractivity contribution in [2.45, 2.75) is 31.6 Å². The van der Waals surface area contributed by atoms with E-state index in [4.69, 9.17) is 4.55 Å². The summed E-state index contributed by atoms with van der Waals surface area (Å²) in [6.07, 6.45) is 0. The zero-order valence-corrected chi connectivity index (χ0v) is 10.2. The van der Waals surface area contributed by atoms with E-state index in [1.807, 2.05) is 0 Å². The van der Waals surface area contributed by atoms with Gasteiger partial charge in [0.2, 0.25) is 0 Å². The monoisotopic (exact) mass is 242 g/mol. The van der Waals surface area contributed by atoms with Crippen LogP contribution in [0.2, 0.25) is 0 Å². The van der Waals surface area contributed by atoms with Gasteiger partial charge in [-0.1, -0.05) is 19.1 Å². The summed E-state index contributed by atoms with van der Waals surface area (Å²) in [6.45, 7) is 4.82. The fourth-order valence-corrected chi connectivity index (χ4v) is 2.17. The van der Waals surface area contributed by atoms with Crippen LogP contribution in [0.1, 0.15) is 30.9 Å². The lowest BCUT2D eigenvalue weighted by atomic mass is 9.96. The number of carbonyl (C=O) groups excluding carboxylic acids is 1. The molecule has 0 radical (unpaired) electrons. The molecule has 1 N–H and O–H groups in total. The third-order valence-corrected chi connectivity index (χ3v) is 3.60. The van der Waals surface area contributed by atoms with Crippen LogP contribution >= 0.6 is 0 Å². The van der Waals surface area contributed by atoms with E-state index in [9.17, 15) is 13.2 Å². The van der Waals surface area contributed by atoms with E-state index in [0.717, 1.165) is 5.56 Å². The number of Topliss-reactive ketones (excluding diaryl/α,β-unsaturated/α-hetero) is 1. The van der Waals surface area contributed by atoms with Crippen molar-refractivity contribution in [1.82, 2.24) is 0 Å². The van der Waals surface area contributed by atoms with Crippen molar-refractivity contribution >= 4 is 15.9 Å². The SMILES string of the molecule is CC(=O)C(C)c1ccc(S(=O)(=O)O)c(C)c1. The van der Waals surface area contributed by atoms with E-state index < -0.39 is 10.1 Å². The van der Waals surface area contributed by atoms with E-state index in [-0.39, 0.29) is 16.6 Å². The zero-order chi connectivity index (χ0) is 12.5. The topological polar surface area (TPSA) is 71.4 Å². The molecule has 0 aliphatic rings. The summed E-state index contributed by atoms with van der Waals surface area (Å²) in [5, 5.41) is 0. The summed E-state index contributed by atoms with van der Waals surface area (Å²) in [4.78, 5) is 11.1. The minimum absolute atomic E-state index is 0.0130. The first kappa shape index (κ1) is 12.9. The molecule has 0 saturated carbocycles. The Morgan fingerprint density at radius 1 is 1.38 bits per heavy atom.